The fourth-order valence-electron chi connectivity index (χ4n) is 2.76. The molecule has 0 saturated heterocycles. The lowest BCUT2D eigenvalue weighted by Gasteiger charge is -2.28. The SMILES string of the molecule is CCCNC(C)c1ccc(N(CC(C)C)C2CC2)cc1Br. The minimum absolute atomic E-state index is 0.396. The third-order valence-corrected chi connectivity index (χ3v) is 4.72. The van der Waals surface area contributed by atoms with E-state index in [2.05, 4.69) is 72.0 Å². The van der Waals surface area contributed by atoms with Crippen LogP contribution < -0.4 is 10.2 Å². The van der Waals surface area contributed by atoms with Gasteiger partial charge < -0.3 is 10.2 Å². The molecule has 1 fully saturated rings. The molecular weight excluding hydrogens is 324 g/mol. The zero-order valence-corrected chi connectivity index (χ0v) is 15.4. The molecule has 3 heteroatoms. The summed E-state index contributed by atoms with van der Waals surface area (Å²) < 4.78 is 1.23. The van der Waals surface area contributed by atoms with Crippen LogP contribution in [0.3, 0.4) is 0 Å². The number of rotatable bonds is 8. The summed E-state index contributed by atoms with van der Waals surface area (Å²) >= 11 is 3.78. The first-order chi connectivity index (χ1) is 10.0. The topological polar surface area (TPSA) is 15.3 Å². The van der Waals surface area contributed by atoms with Crippen LogP contribution in [0.4, 0.5) is 5.69 Å². The Bertz CT molecular complexity index is 455. The lowest BCUT2D eigenvalue weighted by Crippen LogP contribution is -2.29. The molecular formula is C18H29BrN2. The van der Waals surface area contributed by atoms with Crippen LogP contribution >= 0.6 is 15.9 Å². The molecule has 1 aliphatic rings. The Balaban J connectivity index is 2.13. The van der Waals surface area contributed by atoms with Gasteiger partial charge in [-0.1, -0.05) is 42.8 Å². The Morgan fingerprint density at radius 2 is 2.00 bits per heavy atom. The van der Waals surface area contributed by atoms with Crippen molar-refractivity contribution in [1.82, 2.24) is 5.32 Å². The highest BCUT2D eigenvalue weighted by atomic mass is 79.9. The maximum atomic E-state index is 3.78. The smallest absolute Gasteiger partial charge is 0.0380 e. The maximum Gasteiger partial charge on any atom is 0.0380 e. The number of nitrogens with one attached hydrogen (secondary N) is 1. The van der Waals surface area contributed by atoms with Gasteiger partial charge in [-0.3, -0.25) is 0 Å². The number of anilines is 1. The molecule has 1 atom stereocenters. The number of hydrogen-bond acceptors (Lipinski definition) is 2. The number of halogens is 1. The van der Waals surface area contributed by atoms with E-state index in [9.17, 15) is 0 Å². The standard InChI is InChI=1S/C18H29BrN2/c1-5-10-20-14(4)17-9-8-16(11-18(17)19)21(12-13(2)3)15-6-7-15/h8-9,11,13-15,20H,5-7,10,12H2,1-4H3. The van der Waals surface area contributed by atoms with Gasteiger partial charge in [0.05, 0.1) is 0 Å². The Morgan fingerprint density at radius 3 is 2.52 bits per heavy atom. The summed E-state index contributed by atoms with van der Waals surface area (Å²) in [4.78, 5) is 2.59. The molecule has 2 nitrogen and oxygen atoms in total. The van der Waals surface area contributed by atoms with Crippen LogP contribution in [0.25, 0.3) is 0 Å². The first-order valence-corrected chi connectivity index (χ1v) is 9.11. The molecule has 2 rings (SSSR count). The molecule has 0 amide bonds. The van der Waals surface area contributed by atoms with Crippen LogP contribution in [0, 0.1) is 5.92 Å². The largest absolute Gasteiger partial charge is 0.368 e. The van der Waals surface area contributed by atoms with Gasteiger partial charge in [0.2, 0.25) is 0 Å². The number of nitrogens with zero attached hydrogens (tertiary/aromatic N) is 1. The van der Waals surface area contributed by atoms with Gasteiger partial charge in [0.15, 0.2) is 0 Å². The average Bonchev–Trinajstić information content (AvgIpc) is 3.26. The molecule has 118 valence electrons. The fraction of sp³-hybridized carbons (Fsp3) is 0.667. The van der Waals surface area contributed by atoms with Crippen molar-refractivity contribution < 1.29 is 0 Å². The van der Waals surface area contributed by atoms with E-state index >= 15 is 0 Å². The highest BCUT2D eigenvalue weighted by Crippen LogP contribution is 2.35. The minimum atomic E-state index is 0.396. The summed E-state index contributed by atoms with van der Waals surface area (Å²) in [5.74, 6) is 0.703. The minimum Gasteiger partial charge on any atom is -0.368 e. The lowest BCUT2D eigenvalue weighted by atomic mass is 10.1. The van der Waals surface area contributed by atoms with Gasteiger partial charge in [-0.2, -0.15) is 0 Å². The van der Waals surface area contributed by atoms with Crippen LogP contribution in [0.15, 0.2) is 22.7 Å². The number of benzene rings is 1. The fourth-order valence-corrected chi connectivity index (χ4v) is 3.47. The van der Waals surface area contributed by atoms with Crippen molar-refractivity contribution in [3.05, 3.63) is 28.2 Å². The van der Waals surface area contributed by atoms with Gasteiger partial charge in [0.25, 0.3) is 0 Å². The highest BCUT2D eigenvalue weighted by molar-refractivity contribution is 9.10. The van der Waals surface area contributed by atoms with E-state index in [1.807, 2.05) is 0 Å². The third-order valence-electron chi connectivity index (χ3n) is 4.03. The second-order valence-corrected chi connectivity index (χ2v) is 7.51. The summed E-state index contributed by atoms with van der Waals surface area (Å²) in [6, 6.07) is 8.04. The van der Waals surface area contributed by atoms with Crippen molar-refractivity contribution in [2.75, 3.05) is 18.0 Å². The van der Waals surface area contributed by atoms with E-state index in [1.54, 1.807) is 0 Å². The maximum absolute atomic E-state index is 3.78. The van der Waals surface area contributed by atoms with Crippen molar-refractivity contribution in [1.29, 1.82) is 0 Å². The summed E-state index contributed by atoms with van der Waals surface area (Å²) in [6.45, 7) is 11.3. The van der Waals surface area contributed by atoms with E-state index in [-0.39, 0.29) is 0 Å². The van der Waals surface area contributed by atoms with Crippen molar-refractivity contribution in [3.8, 4) is 0 Å². The van der Waals surface area contributed by atoms with Gasteiger partial charge in [0, 0.05) is 28.8 Å². The molecule has 1 unspecified atom stereocenters. The second kappa shape index (κ2) is 7.64. The Morgan fingerprint density at radius 1 is 1.29 bits per heavy atom. The molecule has 0 heterocycles. The van der Waals surface area contributed by atoms with Crippen molar-refractivity contribution in [3.63, 3.8) is 0 Å². The van der Waals surface area contributed by atoms with Crippen molar-refractivity contribution in [2.24, 2.45) is 5.92 Å². The molecule has 1 N–H and O–H groups in total. The molecule has 0 bridgehead atoms. The van der Waals surface area contributed by atoms with Gasteiger partial charge in [0.1, 0.15) is 0 Å². The van der Waals surface area contributed by atoms with Gasteiger partial charge >= 0.3 is 0 Å². The van der Waals surface area contributed by atoms with Crippen LogP contribution in [0.1, 0.15) is 58.6 Å². The molecule has 1 saturated carbocycles. The molecule has 0 radical (unpaired) electrons. The van der Waals surface area contributed by atoms with E-state index < -0.39 is 0 Å². The molecule has 21 heavy (non-hydrogen) atoms. The van der Waals surface area contributed by atoms with Gasteiger partial charge in [-0.05, 0) is 56.3 Å². The monoisotopic (exact) mass is 352 g/mol. The van der Waals surface area contributed by atoms with Crippen LogP contribution in [0.5, 0.6) is 0 Å². The molecule has 0 aliphatic heterocycles. The Hall–Kier alpha value is -0.540. The van der Waals surface area contributed by atoms with E-state index in [1.165, 1.54) is 35.0 Å². The first kappa shape index (κ1) is 16.8. The summed E-state index contributed by atoms with van der Waals surface area (Å²) in [6.07, 6.45) is 3.87. The highest BCUT2D eigenvalue weighted by Gasteiger charge is 2.29. The average molecular weight is 353 g/mol. The molecule has 1 aromatic rings. The van der Waals surface area contributed by atoms with Crippen LogP contribution in [-0.4, -0.2) is 19.1 Å². The molecule has 1 aromatic carbocycles. The lowest BCUT2D eigenvalue weighted by molar-refractivity contribution is 0.568. The quantitative estimate of drug-likeness (QED) is 0.697. The zero-order valence-electron chi connectivity index (χ0n) is 13.8. The normalized spacial score (nSPS) is 16.3. The van der Waals surface area contributed by atoms with E-state index in [0.29, 0.717) is 12.0 Å². The van der Waals surface area contributed by atoms with Crippen molar-refractivity contribution in [2.45, 2.75) is 59.0 Å². The Kier molecular flexibility index (Phi) is 6.12. The number of hydrogen-bond donors (Lipinski definition) is 1. The van der Waals surface area contributed by atoms with E-state index in [0.717, 1.165) is 19.1 Å². The molecule has 0 aromatic heterocycles. The molecule has 0 spiro atoms. The summed E-state index contributed by atoms with van der Waals surface area (Å²) in [5.41, 5.74) is 2.72. The summed E-state index contributed by atoms with van der Waals surface area (Å²) in [5, 5.41) is 3.56. The third kappa shape index (κ3) is 4.72. The van der Waals surface area contributed by atoms with Crippen LogP contribution in [0.2, 0.25) is 0 Å². The second-order valence-electron chi connectivity index (χ2n) is 6.66. The van der Waals surface area contributed by atoms with Gasteiger partial charge in [-0.25, -0.2) is 0 Å². The predicted molar refractivity (Wildman–Crippen MR) is 96.1 cm³/mol. The van der Waals surface area contributed by atoms with E-state index in [4.69, 9.17) is 0 Å². The first-order valence-electron chi connectivity index (χ1n) is 8.32. The molecule has 1 aliphatic carbocycles. The Labute approximate surface area is 138 Å². The van der Waals surface area contributed by atoms with Crippen molar-refractivity contribution >= 4 is 21.6 Å². The van der Waals surface area contributed by atoms with Gasteiger partial charge in [-0.15, -0.1) is 0 Å². The van der Waals surface area contributed by atoms with Crippen LogP contribution in [-0.2, 0) is 0 Å². The zero-order chi connectivity index (χ0) is 15.4. The summed E-state index contributed by atoms with van der Waals surface area (Å²) in [7, 11) is 0. The predicted octanol–water partition coefficient (Wildman–Crippen LogP) is 5.13.